The fourth-order valence-electron chi connectivity index (χ4n) is 3.73. The minimum Gasteiger partial charge on any atom is -0.488 e. The molecule has 0 radical (unpaired) electrons. The van der Waals surface area contributed by atoms with E-state index >= 15 is 0 Å². The van der Waals surface area contributed by atoms with Gasteiger partial charge in [-0.1, -0.05) is 15.9 Å². The number of aliphatic carboxylic acids is 1. The third-order valence-electron chi connectivity index (χ3n) is 5.16. The summed E-state index contributed by atoms with van der Waals surface area (Å²) in [6.45, 7) is 1.08. The maximum atomic E-state index is 12.8. The smallest absolute Gasteiger partial charge is 0.308 e. The van der Waals surface area contributed by atoms with Crippen LogP contribution < -0.4 is 4.74 Å². The van der Waals surface area contributed by atoms with E-state index in [2.05, 4.69) is 15.9 Å². The average Bonchev–Trinajstić information content (AvgIpc) is 3.31. The lowest BCUT2D eigenvalue weighted by Crippen LogP contribution is -2.33. The van der Waals surface area contributed by atoms with Gasteiger partial charge in [-0.25, -0.2) is 0 Å². The number of benzene rings is 1. The van der Waals surface area contributed by atoms with Gasteiger partial charge in [0.05, 0.1) is 11.5 Å². The van der Waals surface area contributed by atoms with Crippen LogP contribution in [0.5, 0.6) is 5.75 Å². The molecule has 2 atom stereocenters. The topological polar surface area (TPSA) is 66.8 Å². The fraction of sp³-hybridized carbons (Fsp3) is 0.444. The van der Waals surface area contributed by atoms with Crippen molar-refractivity contribution < 1.29 is 19.4 Å². The van der Waals surface area contributed by atoms with Gasteiger partial charge in [-0.3, -0.25) is 9.59 Å². The van der Waals surface area contributed by atoms with E-state index in [-0.39, 0.29) is 18.4 Å². The molecule has 1 saturated carbocycles. The van der Waals surface area contributed by atoms with E-state index in [1.54, 1.807) is 4.90 Å². The van der Waals surface area contributed by atoms with Crippen LogP contribution in [0.4, 0.5) is 0 Å². The predicted octanol–water partition coefficient (Wildman–Crippen LogP) is 2.79. The Morgan fingerprint density at radius 2 is 2.04 bits per heavy atom. The van der Waals surface area contributed by atoms with Gasteiger partial charge in [0, 0.05) is 23.1 Å². The van der Waals surface area contributed by atoms with Crippen LogP contribution in [0.3, 0.4) is 0 Å². The number of halogens is 1. The normalized spacial score (nSPS) is 25.7. The second kappa shape index (κ2) is 5.92. The molecule has 1 aromatic rings. The van der Waals surface area contributed by atoms with Gasteiger partial charge in [-0.2, -0.15) is 0 Å². The summed E-state index contributed by atoms with van der Waals surface area (Å²) in [5.41, 5.74) is 1.45. The highest BCUT2D eigenvalue weighted by molar-refractivity contribution is 9.10. The zero-order valence-corrected chi connectivity index (χ0v) is 14.7. The molecule has 24 heavy (non-hydrogen) atoms. The lowest BCUT2D eigenvalue weighted by Gasteiger charge is -2.22. The molecule has 0 unspecified atom stereocenters. The van der Waals surface area contributed by atoms with Crippen LogP contribution in [0, 0.1) is 17.8 Å². The van der Waals surface area contributed by atoms with Crippen LogP contribution in [0.1, 0.15) is 18.4 Å². The molecule has 2 fully saturated rings. The second-order valence-electron chi connectivity index (χ2n) is 6.80. The molecule has 6 heteroatoms. The Hall–Kier alpha value is -1.82. The second-order valence-corrected chi connectivity index (χ2v) is 7.71. The minimum absolute atomic E-state index is 0.0954. The molecule has 0 bridgehead atoms. The van der Waals surface area contributed by atoms with Crippen molar-refractivity contribution in [2.75, 3.05) is 19.7 Å². The summed E-state index contributed by atoms with van der Waals surface area (Å²) >= 11 is 3.42. The number of likely N-dealkylation sites (tertiary alicyclic amines) is 1. The number of carbonyl (C=O) groups is 2. The van der Waals surface area contributed by atoms with Gasteiger partial charge in [-0.05, 0) is 49.0 Å². The molecule has 1 amide bonds. The van der Waals surface area contributed by atoms with Crippen LogP contribution >= 0.6 is 15.9 Å². The number of fused-ring (bicyclic) bond motifs is 1. The summed E-state index contributed by atoms with van der Waals surface area (Å²) in [4.78, 5) is 26.0. The Morgan fingerprint density at radius 1 is 1.25 bits per heavy atom. The number of carbonyl (C=O) groups excluding carboxylic acids is 1. The van der Waals surface area contributed by atoms with E-state index in [1.807, 2.05) is 24.3 Å². The molecule has 1 aliphatic carbocycles. The number of nitrogens with zero attached hydrogens (tertiary/aromatic N) is 1. The zero-order valence-electron chi connectivity index (χ0n) is 13.1. The molecule has 0 aromatic heterocycles. The quantitative estimate of drug-likeness (QED) is 0.859. The highest BCUT2D eigenvalue weighted by Crippen LogP contribution is 2.44. The van der Waals surface area contributed by atoms with Crippen molar-refractivity contribution in [3.63, 3.8) is 0 Å². The molecular weight excluding hydrogens is 374 g/mol. The number of amides is 1. The minimum atomic E-state index is -0.787. The number of carboxylic acid groups (broad SMARTS) is 1. The van der Waals surface area contributed by atoms with Crippen molar-refractivity contribution in [2.45, 2.75) is 12.8 Å². The van der Waals surface area contributed by atoms with Crippen molar-refractivity contribution in [3.05, 3.63) is 33.8 Å². The lowest BCUT2D eigenvalue weighted by atomic mass is 9.92. The van der Waals surface area contributed by atoms with Crippen molar-refractivity contribution in [1.29, 1.82) is 0 Å². The molecule has 126 valence electrons. The Bertz CT molecular complexity index is 741. The van der Waals surface area contributed by atoms with Crippen LogP contribution in [0.2, 0.25) is 0 Å². The standard InChI is InChI=1S/C18H18BrNO4/c19-13-3-4-16-11(6-13)5-12(9-24-16)17(21)20-7-14(10-1-2-10)15(8-20)18(22)23/h3-6,10,14-15H,1-2,7-9H2,(H,22,23)/t14-,15+/m1/s1. The van der Waals surface area contributed by atoms with Crippen LogP contribution in [0.25, 0.3) is 6.08 Å². The summed E-state index contributed by atoms with van der Waals surface area (Å²) < 4.78 is 6.61. The van der Waals surface area contributed by atoms with Gasteiger partial charge in [0.2, 0.25) is 0 Å². The first-order chi connectivity index (χ1) is 11.5. The lowest BCUT2D eigenvalue weighted by molar-refractivity contribution is -0.142. The Kier molecular flexibility index (Phi) is 3.87. The van der Waals surface area contributed by atoms with Crippen LogP contribution in [-0.4, -0.2) is 41.6 Å². The maximum Gasteiger partial charge on any atom is 0.308 e. The van der Waals surface area contributed by atoms with Gasteiger partial charge < -0.3 is 14.7 Å². The molecule has 2 aliphatic heterocycles. The summed E-state index contributed by atoms with van der Waals surface area (Å²) in [6.07, 6.45) is 4.03. The van der Waals surface area contributed by atoms with Gasteiger partial charge in [0.15, 0.2) is 0 Å². The van der Waals surface area contributed by atoms with Gasteiger partial charge >= 0.3 is 5.97 Å². The first-order valence-corrected chi connectivity index (χ1v) is 8.97. The number of hydrogen-bond donors (Lipinski definition) is 1. The molecule has 1 N–H and O–H groups in total. The number of carboxylic acids is 1. The maximum absolute atomic E-state index is 12.8. The first-order valence-electron chi connectivity index (χ1n) is 8.18. The molecule has 1 aromatic carbocycles. The van der Waals surface area contributed by atoms with E-state index in [0.29, 0.717) is 24.6 Å². The Balaban J connectivity index is 1.55. The van der Waals surface area contributed by atoms with E-state index in [1.165, 1.54) is 0 Å². The number of ether oxygens (including phenoxy) is 1. The van der Waals surface area contributed by atoms with Crippen molar-refractivity contribution in [1.82, 2.24) is 4.90 Å². The van der Waals surface area contributed by atoms with Crippen molar-refractivity contribution in [3.8, 4) is 5.75 Å². The van der Waals surface area contributed by atoms with E-state index < -0.39 is 11.9 Å². The monoisotopic (exact) mass is 391 g/mol. The molecule has 1 saturated heterocycles. The summed E-state index contributed by atoms with van der Waals surface area (Å²) in [6, 6.07) is 5.69. The van der Waals surface area contributed by atoms with Crippen molar-refractivity contribution in [2.24, 2.45) is 17.8 Å². The Labute approximate surface area is 148 Å². The zero-order chi connectivity index (χ0) is 16.8. The van der Waals surface area contributed by atoms with Gasteiger partial charge in [0.1, 0.15) is 12.4 Å². The average molecular weight is 392 g/mol. The van der Waals surface area contributed by atoms with Crippen LogP contribution in [-0.2, 0) is 9.59 Å². The molecule has 0 spiro atoms. The first kappa shape index (κ1) is 15.7. The number of hydrogen-bond acceptors (Lipinski definition) is 3. The molecule has 3 aliphatic rings. The van der Waals surface area contributed by atoms with E-state index in [9.17, 15) is 14.7 Å². The Morgan fingerprint density at radius 3 is 2.75 bits per heavy atom. The molecule has 5 nitrogen and oxygen atoms in total. The SMILES string of the molecule is O=C(O)[C@H]1CN(C(=O)C2=Cc3cc(Br)ccc3OC2)C[C@@H]1C1CC1. The third-order valence-corrected chi connectivity index (χ3v) is 5.65. The summed E-state index contributed by atoms with van der Waals surface area (Å²) in [5, 5.41) is 9.45. The van der Waals surface area contributed by atoms with E-state index in [0.717, 1.165) is 28.6 Å². The molecular formula is C18H18BrNO4. The highest BCUT2D eigenvalue weighted by Gasteiger charge is 2.47. The number of rotatable bonds is 3. The summed E-state index contributed by atoms with van der Waals surface area (Å²) in [5.74, 6) is -0.000960. The fourth-order valence-corrected chi connectivity index (χ4v) is 4.11. The van der Waals surface area contributed by atoms with Crippen LogP contribution in [0.15, 0.2) is 28.2 Å². The van der Waals surface area contributed by atoms with Crippen molar-refractivity contribution >= 4 is 33.9 Å². The van der Waals surface area contributed by atoms with Gasteiger partial charge in [0.25, 0.3) is 5.91 Å². The molecule has 2 heterocycles. The summed E-state index contributed by atoms with van der Waals surface area (Å²) in [7, 11) is 0. The molecule has 4 rings (SSSR count). The largest absolute Gasteiger partial charge is 0.488 e. The van der Waals surface area contributed by atoms with Gasteiger partial charge in [-0.15, -0.1) is 0 Å². The van der Waals surface area contributed by atoms with E-state index in [4.69, 9.17) is 4.74 Å². The third kappa shape index (κ3) is 2.83. The highest BCUT2D eigenvalue weighted by atomic mass is 79.9. The predicted molar refractivity (Wildman–Crippen MR) is 91.5 cm³/mol.